The molecule has 0 aliphatic heterocycles. The third-order valence-electron chi connectivity index (χ3n) is 2.40. The minimum absolute atomic E-state index is 0.236. The van der Waals surface area contributed by atoms with Crippen molar-refractivity contribution in [2.75, 3.05) is 6.61 Å². The lowest BCUT2D eigenvalue weighted by atomic mass is 10.1. The molecule has 18 heavy (non-hydrogen) atoms. The predicted molar refractivity (Wildman–Crippen MR) is 72.0 cm³/mol. The zero-order valence-corrected chi connectivity index (χ0v) is 10.2. The topological polar surface area (TPSA) is 40.7 Å². The molecule has 1 aliphatic rings. The van der Waals surface area contributed by atoms with Crippen LogP contribution in [0.2, 0.25) is 0 Å². The Hall–Kier alpha value is -2.29. The van der Waals surface area contributed by atoms with Gasteiger partial charge in [0.15, 0.2) is 0 Å². The highest BCUT2D eigenvalue weighted by Gasteiger charge is 2.09. The third-order valence-corrected chi connectivity index (χ3v) is 2.40. The molecule has 0 unspecified atom stereocenters. The molecular formula is C15H14NO2+. The van der Waals surface area contributed by atoms with Crippen molar-refractivity contribution in [2.45, 2.75) is 6.92 Å². The summed E-state index contributed by atoms with van der Waals surface area (Å²) in [4.78, 5) is 15.9. The van der Waals surface area contributed by atoms with E-state index in [0.29, 0.717) is 17.9 Å². The first-order valence-corrected chi connectivity index (χ1v) is 5.83. The van der Waals surface area contributed by atoms with Crippen LogP contribution in [0.3, 0.4) is 0 Å². The van der Waals surface area contributed by atoms with Gasteiger partial charge < -0.3 is 0 Å². The second kappa shape index (κ2) is 5.87. The fourth-order valence-electron chi connectivity index (χ4n) is 1.55. The number of amides is 1. The van der Waals surface area contributed by atoms with Crippen LogP contribution in [0.4, 0.5) is 0 Å². The molecule has 1 aliphatic carbocycles. The van der Waals surface area contributed by atoms with Gasteiger partial charge in [-0.25, -0.2) is 4.99 Å². The van der Waals surface area contributed by atoms with Crippen molar-refractivity contribution in [3.63, 3.8) is 0 Å². The van der Waals surface area contributed by atoms with Crippen molar-refractivity contribution in [3.05, 3.63) is 60.2 Å². The highest BCUT2D eigenvalue weighted by molar-refractivity contribution is 6.20. The lowest BCUT2D eigenvalue weighted by Gasteiger charge is -1.98. The number of nitrogens with zero attached hydrogens (tertiary/aromatic N) is 1. The van der Waals surface area contributed by atoms with Gasteiger partial charge in [0.1, 0.15) is 0 Å². The lowest BCUT2D eigenvalue weighted by molar-refractivity contribution is -0.450. The molecule has 0 heterocycles. The highest BCUT2D eigenvalue weighted by atomic mass is 16.4. The first-order valence-electron chi connectivity index (χ1n) is 5.83. The number of rotatable bonds is 2. The van der Waals surface area contributed by atoms with E-state index in [0.717, 1.165) is 5.78 Å². The molecule has 1 aromatic rings. The second-order valence-corrected chi connectivity index (χ2v) is 3.71. The van der Waals surface area contributed by atoms with E-state index < -0.39 is 0 Å². The lowest BCUT2D eigenvalue weighted by Crippen LogP contribution is -2.05. The van der Waals surface area contributed by atoms with Crippen molar-refractivity contribution >= 4 is 17.4 Å². The Bertz CT molecular complexity index is 533. The van der Waals surface area contributed by atoms with Gasteiger partial charge in [0.2, 0.25) is 0 Å². The minimum atomic E-state index is -0.236. The predicted octanol–water partition coefficient (Wildman–Crippen LogP) is 2.52. The number of hydrogen-bond donors (Lipinski definition) is 0. The van der Waals surface area contributed by atoms with Crippen molar-refractivity contribution < 1.29 is 9.22 Å². The molecule has 3 nitrogen and oxygen atoms in total. The Morgan fingerprint density at radius 3 is 2.39 bits per heavy atom. The Kier molecular flexibility index (Phi) is 3.97. The monoisotopic (exact) mass is 240 g/mol. The molecule has 1 amide bonds. The van der Waals surface area contributed by atoms with E-state index in [4.69, 9.17) is 4.42 Å². The maximum Gasteiger partial charge on any atom is 0.343 e. The summed E-state index contributed by atoms with van der Waals surface area (Å²) in [6, 6.07) is 9.01. The summed E-state index contributed by atoms with van der Waals surface area (Å²) < 4.78 is 5.32. The van der Waals surface area contributed by atoms with E-state index in [9.17, 15) is 4.79 Å². The molecule has 2 rings (SSSR count). The molecule has 0 radical (unpaired) electrons. The van der Waals surface area contributed by atoms with E-state index in [1.54, 1.807) is 36.4 Å². The SMILES string of the molecule is CC[O+]=C1C=CC(=NC(=O)c2ccccc2)C=C1. The molecule has 0 saturated heterocycles. The van der Waals surface area contributed by atoms with Gasteiger partial charge in [-0.15, -0.1) is 0 Å². The molecule has 0 atom stereocenters. The zero-order chi connectivity index (χ0) is 12.8. The summed E-state index contributed by atoms with van der Waals surface area (Å²) in [5.74, 6) is 0.545. The molecule has 0 aromatic heterocycles. The van der Waals surface area contributed by atoms with Gasteiger partial charge in [-0.1, -0.05) is 18.2 Å². The average Bonchev–Trinajstić information content (AvgIpc) is 2.42. The van der Waals surface area contributed by atoms with Gasteiger partial charge in [-0.2, -0.15) is 0 Å². The summed E-state index contributed by atoms with van der Waals surface area (Å²) in [5.41, 5.74) is 1.22. The smallest absolute Gasteiger partial charge is 0.267 e. The van der Waals surface area contributed by atoms with Crippen LogP contribution >= 0.6 is 0 Å². The first-order chi connectivity index (χ1) is 8.79. The molecule has 0 fully saturated rings. The van der Waals surface area contributed by atoms with Gasteiger partial charge in [0.05, 0.1) is 5.71 Å². The molecular weight excluding hydrogens is 226 g/mol. The molecule has 3 heteroatoms. The number of benzene rings is 1. The largest absolute Gasteiger partial charge is 0.343 e. The van der Waals surface area contributed by atoms with Gasteiger partial charge in [0, 0.05) is 24.6 Å². The van der Waals surface area contributed by atoms with Gasteiger partial charge in [0.25, 0.3) is 12.5 Å². The first kappa shape index (κ1) is 12.2. The fourth-order valence-corrected chi connectivity index (χ4v) is 1.55. The summed E-state index contributed by atoms with van der Waals surface area (Å²) in [6.45, 7) is 2.55. The summed E-state index contributed by atoms with van der Waals surface area (Å²) in [7, 11) is 0. The van der Waals surface area contributed by atoms with E-state index in [1.807, 2.05) is 25.1 Å². The van der Waals surface area contributed by atoms with Crippen molar-refractivity contribution in [1.82, 2.24) is 0 Å². The van der Waals surface area contributed by atoms with Crippen LogP contribution < -0.4 is 0 Å². The summed E-state index contributed by atoms with van der Waals surface area (Å²) in [6.07, 6.45) is 7.15. The standard InChI is InChI=1S/C15H14NO2/c1-2-18-14-10-8-13(9-11-14)16-15(17)12-6-4-3-5-7-12/h3-11H,2H2,1H3/q+1. The molecule has 0 saturated carbocycles. The summed E-state index contributed by atoms with van der Waals surface area (Å²) >= 11 is 0. The quantitative estimate of drug-likeness (QED) is 0.578. The van der Waals surface area contributed by atoms with Gasteiger partial charge >= 0.3 is 5.78 Å². The van der Waals surface area contributed by atoms with Crippen LogP contribution in [-0.2, 0) is 4.42 Å². The number of ketones is 1. The third kappa shape index (κ3) is 3.10. The number of carbonyl (C=O) groups excluding carboxylic acids is 2. The fraction of sp³-hybridized carbons (Fsp3) is 0.133. The zero-order valence-electron chi connectivity index (χ0n) is 10.2. The van der Waals surface area contributed by atoms with E-state index in [2.05, 4.69) is 4.99 Å². The maximum atomic E-state index is 11.8. The molecule has 90 valence electrons. The average molecular weight is 240 g/mol. The normalized spacial score (nSPS) is 13.6. The molecule has 1 aromatic carbocycles. The van der Waals surface area contributed by atoms with E-state index in [1.165, 1.54) is 0 Å². The minimum Gasteiger partial charge on any atom is -0.267 e. The number of hydrogen-bond acceptors (Lipinski definition) is 1. The Morgan fingerprint density at radius 2 is 1.78 bits per heavy atom. The van der Waals surface area contributed by atoms with Crippen LogP contribution in [0.25, 0.3) is 0 Å². The van der Waals surface area contributed by atoms with Crippen molar-refractivity contribution in [2.24, 2.45) is 4.99 Å². The Labute approximate surface area is 106 Å². The van der Waals surface area contributed by atoms with E-state index in [-0.39, 0.29) is 5.91 Å². The highest BCUT2D eigenvalue weighted by Crippen LogP contribution is 2.03. The number of allylic oxidation sites excluding steroid dienone is 4. The van der Waals surface area contributed by atoms with Crippen LogP contribution in [0, 0.1) is 0 Å². The van der Waals surface area contributed by atoms with Crippen molar-refractivity contribution in [1.29, 1.82) is 0 Å². The summed E-state index contributed by atoms with van der Waals surface area (Å²) in [5, 5.41) is 0. The van der Waals surface area contributed by atoms with Gasteiger partial charge in [-0.05, 0) is 24.3 Å². The van der Waals surface area contributed by atoms with Crippen LogP contribution in [0.5, 0.6) is 0 Å². The Morgan fingerprint density at radius 1 is 1.11 bits per heavy atom. The van der Waals surface area contributed by atoms with Gasteiger partial charge in [-0.3, -0.25) is 9.22 Å². The number of aliphatic imine (C=N–C) groups is 1. The van der Waals surface area contributed by atoms with E-state index >= 15 is 0 Å². The number of carbonyl (C=O) groups is 1. The van der Waals surface area contributed by atoms with Crippen LogP contribution in [0.1, 0.15) is 17.3 Å². The molecule has 0 N–H and O–H groups in total. The molecule has 0 spiro atoms. The van der Waals surface area contributed by atoms with Crippen molar-refractivity contribution in [3.8, 4) is 0 Å². The molecule has 0 bridgehead atoms. The second-order valence-electron chi connectivity index (χ2n) is 3.71. The van der Waals surface area contributed by atoms with Crippen LogP contribution in [0.15, 0.2) is 59.6 Å². The van der Waals surface area contributed by atoms with Crippen LogP contribution in [-0.4, -0.2) is 24.0 Å². The maximum absolute atomic E-state index is 11.8. The Balaban J connectivity index is 2.13.